The number of hydrogen-bond donors (Lipinski definition) is 1. The van der Waals surface area contributed by atoms with Gasteiger partial charge in [0, 0.05) is 5.69 Å². The second-order valence-corrected chi connectivity index (χ2v) is 5.36. The minimum atomic E-state index is 0.104. The maximum atomic E-state index is 11.9. The summed E-state index contributed by atoms with van der Waals surface area (Å²) in [7, 11) is 0. The Morgan fingerprint density at radius 2 is 1.88 bits per heavy atom. The smallest absolute Gasteiger partial charge is 0.232 e. The highest BCUT2D eigenvalue weighted by atomic mass is 16.2. The van der Waals surface area contributed by atoms with Crippen LogP contribution in [0.2, 0.25) is 0 Å². The molecule has 2 nitrogen and oxygen atoms in total. The number of benzene rings is 1. The minimum Gasteiger partial charge on any atom is -0.325 e. The molecule has 1 saturated carbocycles. The summed E-state index contributed by atoms with van der Waals surface area (Å²) in [5, 5.41) is 2.98. The second-order valence-electron chi connectivity index (χ2n) is 5.36. The van der Waals surface area contributed by atoms with E-state index in [1.807, 2.05) is 18.2 Å². The van der Waals surface area contributed by atoms with Gasteiger partial charge in [-0.1, -0.05) is 43.9 Å². The molecule has 1 aliphatic carbocycles. The van der Waals surface area contributed by atoms with Crippen LogP contribution < -0.4 is 5.32 Å². The zero-order chi connectivity index (χ0) is 11.7. The number of rotatable bonds is 3. The molecule has 3 rings (SSSR count). The third kappa shape index (κ3) is 2.08. The summed E-state index contributed by atoms with van der Waals surface area (Å²) in [6.45, 7) is 0. The van der Waals surface area contributed by atoms with Crippen LogP contribution in [0.1, 0.15) is 50.0 Å². The van der Waals surface area contributed by atoms with Crippen LogP contribution >= 0.6 is 0 Å². The fraction of sp³-hybridized carbons (Fsp3) is 0.533. The largest absolute Gasteiger partial charge is 0.325 e. The standard InChI is InChI=1S/C15H19NO/c17-15-13(10-9-11-5-1-2-6-11)12-7-3-4-8-14(12)16-15/h3-4,7-8,11,13H,1-2,5-6,9-10H2,(H,16,17). The molecule has 0 aromatic heterocycles. The van der Waals surface area contributed by atoms with Gasteiger partial charge in [0.15, 0.2) is 0 Å². The monoisotopic (exact) mass is 229 g/mol. The molecule has 0 bridgehead atoms. The van der Waals surface area contributed by atoms with Gasteiger partial charge in [0.1, 0.15) is 0 Å². The van der Waals surface area contributed by atoms with Crippen LogP contribution in [0.4, 0.5) is 5.69 Å². The molecule has 1 fully saturated rings. The normalized spacial score (nSPS) is 23.8. The molecule has 17 heavy (non-hydrogen) atoms. The molecule has 1 aliphatic heterocycles. The summed E-state index contributed by atoms with van der Waals surface area (Å²) in [6, 6.07) is 8.11. The Balaban J connectivity index is 1.68. The first-order chi connectivity index (χ1) is 8.34. The Hall–Kier alpha value is -1.31. The topological polar surface area (TPSA) is 29.1 Å². The van der Waals surface area contributed by atoms with Gasteiger partial charge < -0.3 is 5.32 Å². The highest BCUT2D eigenvalue weighted by Gasteiger charge is 2.30. The van der Waals surface area contributed by atoms with E-state index in [2.05, 4.69) is 11.4 Å². The van der Waals surface area contributed by atoms with Gasteiger partial charge in [-0.15, -0.1) is 0 Å². The quantitative estimate of drug-likeness (QED) is 0.841. The molecule has 0 spiro atoms. The van der Waals surface area contributed by atoms with Crippen LogP contribution in [0, 0.1) is 5.92 Å². The van der Waals surface area contributed by atoms with Gasteiger partial charge >= 0.3 is 0 Å². The van der Waals surface area contributed by atoms with Crippen molar-refractivity contribution >= 4 is 11.6 Å². The third-order valence-corrected chi connectivity index (χ3v) is 4.25. The highest BCUT2D eigenvalue weighted by molar-refractivity contribution is 6.02. The van der Waals surface area contributed by atoms with Crippen molar-refractivity contribution in [2.45, 2.75) is 44.4 Å². The molecule has 1 heterocycles. The van der Waals surface area contributed by atoms with Crippen molar-refractivity contribution in [3.8, 4) is 0 Å². The van der Waals surface area contributed by atoms with Crippen LogP contribution in [-0.2, 0) is 4.79 Å². The second kappa shape index (κ2) is 4.52. The van der Waals surface area contributed by atoms with E-state index in [4.69, 9.17) is 0 Å². The van der Waals surface area contributed by atoms with Gasteiger partial charge in [-0.3, -0.25) is 4.79 Å². The van der Waals surface area contributed by atoms with E-state index in [9.17, 15) is 4.79 Å². The summed E-state index contributed by atoms with van der Waals surface area (Å²) < 4.78 is 0. The van der Waals surface area contributed by atoms with E-state index in [0.717, 1.165) is 18.0 Å². The Kier molecular flexibility index (Phi) is 2.87. The molecular formula is C15H19NO. The number of anilines is 1. The van der Waals surface area contributed by atoms with Gasteiger partial charge in [0.05, 0.1) is 5.92 Å². The number of carbonyl (C=O) groups is 1. The van der Waals surface area contributed by atoms with Crippen LogP contribution in [0.15, 0.2) is 24.3 Å². The first kappa shape index (κ1) is 10.8. The molecule has 0 radical (unpaired) electrons. The summed E-state index contributed by atoms with van der Waals surface area (Å²) >= 11 is 0. The van der Waals surface area contributed by atoms with Gasteiger partial charge in [0.2, 0.25) is 5.91 Å². The Morgan fingerprint density at radius 1 is 1.12 bits per heavy atom. The molecule has 1 atom stereocenters. The predicted molar refractivity (Wildman–Crippen MR) is 69.0 cm³/mol. The van der Waals surface area contributed by atoms with Crippen molar-refractivity contribution in [1.29, 1.82) is 0 Å². The van der Waals surface area contributed by atoms with E-state index < -0.39 is 0 Å². The summed E-state index contributed by atoms with van der Waals surface area (Å²) in [4.78, 5) is 11.9. The fourth-order valence-electron chi connectivity index (χ4n) is 3.26. The van der Waals surface area contributed by atoms with E-state index in [1.165, 1.54) is 37.7 Å². The number of hydrogen-bond acceptors (Lipinski definition) is 1. The molecule has 1 unspecified atom stereocenters. The molecule has 1 N–H and O–H groups in total. The molecule has 0 saturated heterocycles. The fourth-order valence-corrected chi connectivity index (χ4v) is 3.26. The lowest BCUT2D eigenvalue weighted by molar-refractivity contribution is -0.117. The Morgan fingerprint density at radius 3 is 2.71 bits per heavy atom. The first-order valence-electron chi connectivity index (χ1n) is 6.74. The summed E-state index contributed by atoms with van der Waals surface area (Å²) in [6.07, 6.45) is 7.75. The highest BCUT2D eigenvalue weighted by Crippen LogP contribution is 2.38. The lowest BCUT2D eigenvalue weighted by atomic mass is 9.91. The van der Waals surface area contributed by atoms with Crippen molar-refractivity contribution in [2.24, 2.45) is 5.92 Å². The van der Waals surface area contributed by atoms with Gasteiger partial charge in [0.25, 0.3) is 0 Å². The Bertz CT molecular complexity index is 421. The van der Waals surface area contributed by atoms with Gasteiger partial charge in [-0.25, -0.2) is 0 Å². The van der Waals surface area contributed by atoms with Crippen molar-refractivity contribution in [2.75, 3.05) is 5.32 Å². The number of para-hydroxylation sites is 1. The number of carbonyl (C=O) groups excluding carboxylic acids is 1. The van der Waals surface area contributed by atoms with E-state index in [1.54, 1.807) is 0 Å². The van der Waals surface area contributed by atoms with Crippen LogP contribution in [0.3, 0.4) is 0 Å². The Labute approximate surface area is 102 Å². The molecular weight excluding hydrogens is 210 g/mol. The average molecular weight is 229 g/mol. The molecule has 1 aromatic carbocycles. The predicted octanol–water partition coefficient (Wildman–Crippen LogP) is 3.69. The van der Waals surface area contributed by atoms with Crippen LogP contribution in [0.5, 0.6) is 0 Å². The van der Waals surface area contributed by atoms with Crippen molar-refractivity contribution in [1.82, 2.24) is 0 Å². The third-order valence-electron chi connectivity index (χ3n) is 4.25. The lowest BCUT2D eigenvalue weighted by Crippen LogP contribution is -2.13. The van der Waals surface area contributed by atoms with Gasteiger partial charge in [-0.2, -0.15) is 0 Å². The zero-order valence-corrected chi connectivity index (χ0v) is 10.1. The van der Waals surface area contributed by atoms with Gasteiger partial charge in [-0.05, 0) is 30.4 Å². The molecule has 2 aliphatic rings. The number of amides is 1. The zero-order valence-electron chi connectivity index (χ0n) is 10.1. The maximum absolute atomic E-state index is 11.9. The van der Waals surface area contributed by atoms with E-state index in [-0.39, 0.29) is 11.8 Å². The average Bonchev–Trinajstić information content (AvgIpc) is 2.93. The molecule has 1 aromatic rings. The number of nitrogens with one attached hydrogen (secondary N) is 1. The van der Waals surface area contributed by atoms with Crippen molar-refractivity contribution < 1.29 is 4.79 Å². The molecule has 90 valence electrons. The maximum Gasteiger partial charge on any atom is 0.232 e. The van der Waals surface area contributed by atoms with Crippen LogP contribution in [0.25, 0.3) is 0 Å². The first-order valence-corrected chi connectivity index (χ1v) is 6.74. The molecule has 1 amide bonds. The van der Waals surface area contributed by atoms with E-state index >= 15 is 0 Å². The van der Waals surface area contributed by atoms with E-state index in [0.29, 0.717) is 0 Å². The number of fused-ring (bicyclic) bond motifs is 1. The SMILES string of the molecule is O=C1Nc2ccccc2C1CCC1CCCC1. The van der Waals surface area contributed by atoms with Crippen LogP contribution in [-0.4, -0.2) is 5.91 Å². The minimum absolute atomic E-state index is 0.104. The van der Waals surface area contributed by atoms with Crippen molar-refractivity contribution in [3.05, 3.63) is 29.8 Å². The summed E-state index contributed by atoms with van der Waals surface area (Å²) in [5.74, 6) is 1.17. The molecule has 2 heteroatoms. The van der Waals surface area contributed by atoms with Crippen molar-refractivity contribution in [3.63, 3.8) is 0 Å². The lowest BCUT2D eigenvalue weighted by Gasteiger charge is -2.12. The summed E-state index contributed by atoms with van der Waals surface area (Å²) in [5.41, 5.74) is 2.23.